The van der Waals surface area contributed by atoms with Gasteiger partial charge in [-0.1, -0.05) is 46.3 Å². The van der Waals surface area contributed by atoms with E-state index in [1.807, 2.05) is 88.4 Å². The second kappa shape index (κ2) is 12.3. The molecule has 1 heterocycles. The molecular weight excluding hydrogens is 616 g/mol. The van der Waals surface area contributed by atoms with Crippen LogP contribution in [0.3, 0.4) is 0 Å². The number of amides is 1. The van der Waals surface area contributed by atoms with Crippen molar-refractivity contribution >= 4 is 66.5 Å². The van der Waals surface area contributed by atoms with E-state index >= 15 is 0 Å². The summed E-state index contributed by atoms with van der Waals surface area (Å²) >= 11 is 8.50. The van der Waals surface area contributed by atoms with Gasteiger partial charge in [0.25, 0.3) is 5.91 Å². The Kier molecular flexibility index (Phi) is 9.16. The molecule has 192 valence electrons. The Morgan fingerprint density at radius 1 is 1.00 bits per heavy atom. The van der Waals surface area contributed by atoms with Crippen molar-refractivity contribution < 1.29 is 14.3 Å². The molecule has 0 aromatic heterocycles. The summed E-state index contributed by atoms with van der Waals surface area (Å²) in [5.74, 6) is 1.19. The largest absolute Gasteiger partial charge is 0.490 e. The van der Waals surface area contributed by atoms with Crippen LogP contribution in [0.15, 0.2) is 73.4 Å². The quantitative estimate of drug-likeness (QED) is 0.231. The maximum atomic E-state index is 13.2. The number of carbonyl (C=O) groups excluding carboxylic acids is 1. The molecular formula is C29H28Br2N2O3S. The van der Waals surface area contributed by atoms with Crippen molar-refractivity contribution in [3.63, 3.8) is 0 Å². The Morgan fingerprint density at radius 3 is 2.35 bits per heavy atom. The van der Waals surface area contributed by atoms with Gasteiger partial charge in [0.15, 0.2) is 16.7 Å². The van der Waals surface area contributed by atoms with Crippen molar-refractivity contribution in [2.45, 2.75) is 34.3 Å². The Balaban J connectivity index is 1.63. The van der Waals surface area contributed by atoms with Crippen LogP contribution in [0.5, 0.6) is 11.5 Å². The average molecular weight is 644 g/mol. The van der Waals surface area contributed by atoms with Crippen LogP contribution < -0.4 is 9.47 Å². The van der Waals surface area contributed by atoms with Crippen LogP contribution in [0, 0.1) is 13.8 Å². The molecule has 1 aliphatic heterocycles. The van der Waals surface area contributed by atoms with Gasteiger partial charge in [-0.2, -0.15) is 0 Å². The molecule has 4 rings (SSSR count). The van der Waals surface area contributed by atoms with E-state index in [4.69, 9.17) is 14.5 Å². The summed E-state index contributed by atoms with van der Waals surface area (Å²) in [6.07, 6.45) is 1.88. The predicted molar refractivity (Wildman–Crippen MR) is 160 cm³/mol. The summed E-state index contributed by atoms with van der Waals surface area (Å²) in [4.78, 5) is 20.5. The van der Waals surface area contributed by atoms with Gasteiger partial charge in [0.2, 0.25) is 0 Å². The minimum absolute atomic E-state index is 0.0536. The zero-order valence-corrected chi connectivity index (χ0v) is 25.2. The van der Waals surface area contributed by atoms with Gasteiger partial charge in [0, 0.05) is 11.0 Å². The third kappa shape index (κ3) is 6.48. The van der Waals surface area contributed by atoms with Gasteiger partial charge >= 0.3 is 0 Å². The Bertz CT molecular complexity index is 1350. The molecule has 1 aliphatic rings. The van der Waals surface area contributed by atoms with E-state index in [0.717, 1.165) is 36.9 Å². The number of thioether (sulfide) groups is 1. The van der Waals surface area contributed by atoms with Gasteiger partial charge < -0.3 is 9.47 Å². The van der Waals surface area contributed by atoms with Crippen molar-refractivity contribution in [1.82, 2.24) is 4.90 Å². The highest BCUT2D eigenvalue weighted by molar-refractivity contribution is 9.10. The molecule has 0 N–H and O–H groups in total. The lowest BCUT2D eigenvalue weighted by molar-refractivity contribution is -0.122. The third-order valence-electron chi connectivity index (χ3n) is 5.78. The van der Waals surface area contributed by atoms with Crippen molar-refractivity contribution in [2.24, 2.45) is 4.99 Å². The zero-order chi connectivity index (χ0) is 26.5. The smallest absolute Gasteiger partial charge is 0.266 e. The van der Waals surface area contributed by atoms with Crippen molar-refractivity contribution in [3.8, 4) is 11.5 Å². The Labute approximate surface area is 239 Å². The predicted octanol–water partition coefficient (Wildman–Crippen LogP) is 8.43. The van der Waals surface area contributed by atoms with Crippen LogP contribution in [-0.2, 0) is 11.4 Å². The first kappa shape index (κ1) is 27.5. The minimum Gasteiger partial charge on any atom is -0.490 e. The highest BCUT2D eigenvalue weighted by Gasteiger charge is 2.32. The van der Waals surface area contributed by atoms with E-state index in [2.05, 4.69) is 31.9 Å². The number of amidine groups is 1. The fourth-order valence-corrected chi connectivity index (χ4v) is 5.80. The molecule has 3 aromatic carbocycles. The number of rotatable bonds is 8. The van der Waals surface area contributed by atoms with E-state index in [1.165, 1.54) is 11.8 Å². The zero-order valence-electron chi connectivity index (χ0n) is 21.2. The summed E-state index contributed by atoms with van der Waals surface area (Å²) in [6.45, 7) is 9.41. The summed E-state index contributed by atoms with van der Waals surface area (Å²) in [7, 11) is 0. The minimum atomic E-state index is -0.0536. The summed E-state index contributed by atoms with van der Waals surface area (Å²) in [5, 5.41) is 0.690. The molecule has 8 heteroatoms. The standard InChI is InChI=1S/C29H28Br2N2O3S/c1-5-33-28(34)25(37-29(33)32-26-18(3)8-7-9-19(26)4)16-21-14-23(31)27(24(15-21)35-6-2)36-17-20-10-12-22(30)13-11-20/h7-16H,5-6,17H2,1-4H3/b25-16+,32-29?. The number of likely N-dealkylation sites (N-methyl/N-ethyl adjacent to an activating group) is 1. The number of halogens is 2. The molecule has 5 nitrogen and oxygen atoms in total. The topological polar surface area (TPSA) is 51.1 Å². The Hall–Kier alpha value is -2.55. The van der Waals surface area contributed by atoms with Crippen molar-refractivity contribution in [2.75, 3.05) is 13.2 Å². The van der Waals surface area contributed by atoms with Gasteiger partial charge in [-0.3, -0.25) is 9.69 Å². The molecule has 0 aliphatic carbocycles. The number of carbonyl (C=O) groups is 1. The molecule has 3 aromatic rings. The Morgan fingerprint density at radius 2 is 1.70 bits per heavy atom. The first-order valence-corrected chi connectivity index (χ1v) is 14.4. The molecule has 0 unspecified atom stereocenters. The fraction of sp³-hybridized carbons (Fsp3) is 0.241. The van der Waals surface area contributed by atoms with Crippen molar-refractivity contribution in [3.05, 3.63) is 90.7 Å². The first-order chi connectivity index (χ1) is 17.8. The van der Waals surface area contributed by atoms with Crippen LogP contribution in [0.4, 0.5) is 5.69 Å². The van der Waals surface area contributed by atoms with E-state index < -0.39 is 0 Å². The number of aliphatic imine (C=N–C) groups is 1. The van der Waals surface area contributed by atoms with Crippen LogP contribution in [0.2, 0.25) is 0 Å². The van der Waals surface area contributed by atoms with E-state index in [1.54, 1.807) is 4.90 Å². The van der Waals surface area contributed by atoms with Crippen LogP contribution >= 0.6 is 43.6 Å². The number of ether oxygens (including phenoxy) is 2. The lowest BCUT2D eigenvalue weighted by Crippen LogP contribution is -2.28. The van der Waals surface area contributed by atoms with Gasteiger partial charge in [0.1, 0.15) is 6.61 Å². The number of benzene rings is 3. The lowest BCUT2D eigenvalue weighted by atomic mass is 10.1. The number of aryl methyl sites for hydroxylation is 2. The fourth-order valence-electron chi connectivity index (χ4n) is 3.91. The lowest BCUT2D eigenvalue weighted by Gasteiger charge is -2.15. The van der Waals surface area contributed by atoms with Gasteiger partial charge in [0.05, 0.1) is 21.7 Å². The van der Waals surface area contributed by atoms with Gasteiger partial charge in [-0.25, -0.2) is 4.99 Å². The van der Waals surface area contributed by atoms with Crippen molar-refractivity contribution in [1.29, 1.82) is 0 Å². The van der Waals surface area contributed by atoms with E-state index in [9.17, 15) is 4.79 Å². The van der Waals surface area contributed by atoms with Crippen LogP contribution in [0.25, 0.3) is 6.08 Å². The molecule has 1 saturated heterocycles. The summed E-state index contributed by atoms with van der Waals surface area (Å²) in [5.41, 5.74) is 4.96. The molecule has 0 saturated carbocycles. The van der Waals surface area contributed by atoms with Crippen LogP contribution in [0.1, 0.15) is 36.1 Å². The molecule has 37 heavy (non-hydrogen) atoms. The molecule has 0 atom stereocenters. The third-order valence-corrected chi connectivity index (χ3v) is 7.90. The van der Waals surface area contributed by atoms with Gasteiger partial charge in [-0.15, -0.1) is 0 Å². The van der Waals surface area contributed by atoms with Gasteiger partial charge in [-0.05, 0) is 108 Å². The molecule has 1 amide bonds. The van der Waals surface area contributed by atoms with E-state index in [-0.39, 0.29) is 5.91 Å². The second-order valence-electron chi connectivity index (χ2n) is 8.47. The normalized spacial score (nSPS) is 15.6. The van der Waals surface area contributed by atoms with E-state index in [0.29, 0.717) is 41.3 Å². The molecule has 0 radical (unpaired) electrons. The number of hydrogen-bond donors (Lipinski definition) is 0. The molecule has 0 spiro atoms. The summed E-state index contributed by atoms with van der Waals surface area (Å²) < 4.78 is 13.8. The highest BCUT2D eigenvalue weighted by Crippen LogP contribution is 2.40. The number of hydrogen-bond acceptors (Lipinski definition) is 5. The summed E-state index contributed by atoms with van der Waals surface area (Å²) in [6, 6.07) is 17.9. The van der Waals surface area contributed by atoms with Crippen LogP contribution in [-0.4, -0.2) is 29.1 Å². The molecule has 1 fully saturated rings. The maximum Gasteiger partial charge on any atom is 0.266 e. The highest BCUT2D eigenvalue weighted by atomic mass is 79.9. The average Bonchev–Trinajstić information content (AvgIpc) is 3.16. The first-order valence-electron chi connectivity index (χ1n) is 12.0. The molecule has 0 bridgehead atoms. The number of nitrogens with zero attached hydrogens (tertiary/aromatic N) is 2. The maximum absolute atomic E-state index is 13.2. The monoisotopic (exact) mass is 642 g/mol. The number of para-hydroxylation sites is 1. The SMILES string of the molecule is CCOc1cc(/C=C2/SC(=Nc3c(C)cccc3C)N(CC)C2=O)cc(Br)c1OCc1ccc(Br)cc1. The second-order valence-corrected chi connectivity index (χ2v) is 11.3.